The number of hydrogen-bond acceptors (Lipinski definition) is 4. The second kappa shape index (κ2) is 7.30. The predicted molar refractivity (Wildman–Crippen MR) is 91.7 cm³/mol. The van der Waals surface area contributed by atoms with Gasteiger partial charge in [-0.1, -0.05) is 0 Å². The summed E-state index contributed by atoms with van der Waals surface area (Å²) < 4.78 is 11.1. The molecule has 1 amide bonds. The number of amides is 1. The molecule has 1 aliphatic carbocycles. The molecule has 4 rings (SSSR count). The van der Waals surface area contributed by atoms with E-state index in [0.717, 1.165) is 71.2 Å². The van der Waals surface area contributed by atoms with Crippen LogP contribution in [0.5, 0.6) is 0 Å². The summed E-state index contributed by atoms with van der Waals surface area (Å²) in [6.45, 7) is 6.64. The largest absolute Gasteiger partial charge is 0.384 e. The standard InChI is InChI=1S/C19H32N2O3/c1-23-12-15-11-21(10-14-2-3-14)19(22)18-5-8-20(7-4-17(15)18)16-6-9-24-13-16/h14-18H,2-13H2,1H3/t15-,16?,17-,18-/m1/s1. The normalized spacial score (nSPS) is 38.2. The predicted octanol–water partition coefficient (Wildman–Crippen LogP) is 1.62. The number of likely N-dealkylation sites (tertiary alicyclic amines) is 2. The second-order valence-corrected chi connectivity index (χ2v) is 8.30. The van der Waals surface area contributed by atoms with E-state index in [2.05, 4.69) is 9.80 Å². The van der Waals surface area contributed by atoms with Crippen molar-refractivity contribution in [1.82, 2.24) is 9.80 Å². The second-order valence-electron chi connectivity index (χ2n) is 8.30. The van der Waals surface area contributed by atoms with Crippen molar-refractivity contribution in [2.45, 2.75) is 38.1 Å². The van der Waals surface area contributed by atoms with Crippen LogP contribution < -0.4 is 0 Å². The minimum absolute atomic E-state index is 0.213. The Morgan fingerprint density at radius 1 is 1.17 bits per heavy atom. The number of fused-ring (bicyclic) bond motifs is 1. The van der Waals surface area contributed by atoms with Gasteiger partial charge in [-0.05, 0) is 57.0 Å². The Kier molecular flexibility index (Phi) is 5.11. The maximum Gasteiger partial charge on any atom is 0.226 e. The van der Waals surface area contributed by atoms with Crippen LogP contribution in [0.25, 0.3) is 0 Å². The molecular formula is C19H32N2O3. The molecule has 4 fully saturated rings. The van der Waals surface area contributed by atoms with Crippen LogP contribution in [0.3, 0.4) is 0 Å². The van der Waals surface area contributed by atoms with Crippen molar-refractivity contribution in [2.24, 2.45) is 23.7 Å². The molecule has 0 radical (unpaired) electrons. The fourth-order valence-electron chi connectivity index (χ4n) is 5.10. The molecule has 0 aromatic heterocycles. The summed E-state index contributed by atoms with van der Waals surface area (Å²) in [7, 11) is 1.80. The third-order valence-corrected chi connectivity index (χ3v) is 6.66. The SMILES string of the molecule is COC[C@H]1CN(CC2CC2)C(=O)[C@@H]2CCN(C3CCOC3)CC[C@H]12. The van der Waals surface area contributed by atoms with Gasteiger partial charge in [-0.25, -0.2) is 0 Å². The Morgan fingerprint density at radius 3 is 2.71 bits per heavy atom. The van der Waals surface area contributed by atoms with Gasteiger partial charge in [0.05, 0.1) is 13.2 Å². The first-order valence-electron chi connectivity index (χ1n) is 9.85. The van der Waals surface area contributed by atoms with E-state index >= 15 is 0 Å². The van der Waals surface area contributed by atoms with Crippen molar-refractivity contribution in [3.8, 4) is 0 Å². The van der Waals surface area contributed by atoms with Crippen molar-refractivity contribution >= 4 is 5.91 Å². The van der Waals surface area contributed by atoms with Gasteiger partial charge in [0, 0.05) is 44.7 Å². The van der Waals surface area contributed by atoms with Gasteiger partial charge in [-0.2, -0.15) is 0 Å². The minimum Gasteiger partial charge on any atom is -0.384 e. The molecule has 3 saturated heterocycles. The number of carbonyl (C=O) groups is 1. The summed E-state index contributed by atoms with van der Waals surface area (Å²) >= 11 is 0. The van der Waals surface area contributed by atoms with Crippen LogP contribution in [0.2, 0.25) is 0 Å². The van der Waals surface area contributed by atoms with Crippen LogP contribution in [-0.2, 0) is 14.3 Å². The van der Waals surface area contributed by atoms with Crippen LogP contribution >= 0.6 is 0 Å². The molecule has 0 N–H and O–H groups in total. The summed E-state index contributed by atoms with van der Waals surface area (Å²) in [5.41, 5.74) is 0. The van der Waals surface area contributed by atoms with Crippen LogP contribution in [0.4, 0.5) is 0 Å². The fourth-order valence-corrected chi connectivity index (χ4v) is 5.10. The van der Waals surface area contributed by atoms with Gasteiger partial charge in [0.25, 0.3) is 0 Å². The molecule has 3 heterocycles. The molecule has 1 unspecified atom stereocenters. The summed E-state index contributed by atoms with van der Waals surface area (Å²) in [4.78, 5) is 17.9. The molecule has 0 bridgehead atoms. The Hall–Kier alpha value is -0.650. The van der Waals surface area contributed by atoms with E-state index in [4.69, 9.17) is 9.47 Å². The smallest absolute Gasteiger partial charge is 0.226 e. The van der Waals surface area contributed by atoms with Crippen molar-refractivity contribution in [3.63, 3.8) is 0 Å². The molecule has 0 aromatic rings. The molecule has 136 valence electrons. The highest BCUT2D eigenvalue weighted by Gasteiger charge is 2.45. The summed E-state index contributed by atoms with van der Waals surface area (Å²) in [6, 6.07) is 0.573. The first-order valence-corrected chi connectivity index (χ1v) is 9.85. The van der Waals surface area contributed by atoms with E-state index in [0.29, 0.717) is 23.8 Å². The van der Waals surface area contributed by atoms with Crippen LogP contribution in [0.1, 0.15) is 32.1 Å². The van der Waals surface area contributed by atoms with Gasteiger partial charge in [0.2, 0.25) is 5.91 Å². The lowest BCUT2D eigenvalue weighted by Crippen LogP contribution is -2.52. The average Bonchev–Trinajstić information content (AvgIpc) is 3.29. The van der Waals surface area contributed by atoms with Crippen molar-refractivity contribution in [1.29, 1.82) is 0 Å². The first-order chi connectivity index (χ1) is 11.8. The molecule has 4 atom stereocenters. The number of ether oxygens (including phenoxy) is 2. The Balaban J connectivity index is 1.46. The van der Waals surface area contributed by atoms with Gasteiger partial charge in [0.1, 0.15) is 0 Å². The average molecular weight is 336 g/mol. The van der Waals surface area contributed by atoms with Crippen LogP contribution in [-0.4, -0.2) is 74.9 Å². The van der Waals surface area contributed by atoms with E-state index in [1.54, 1.807) is 7.11 Å². The molecule has 0 aromatic carbocycles. The number of carbonyl (C=O) groups excluding carboxylic acids is 1. The zero-order valence-corrected chi connectivity index (χ0v) is 15.0. The molecule has 5 nitrogen and oxygen atoms in total. The molecule has 3 aliphatic heterocycles. The lowest BCUT2D eigenvalue weighted by atomic mass is 9.74. The number of piperidine rings is 1. The number of nitrogens with zero attached hydrogens (tertiary/aromatic N) is 2. The number of hydrogen-bond donors (Lipinski definition) is 0. The molecule has 0 spiro atoms. The van der Waals surface area contributed by atoms with E-state index in [-0.39, 0.29) is 5.92 Å². The minimum atomic E-state index is 0.213. The quantitative estimate of drug-likeness (QED) is 0.765. The van der Waals surface area contributed by atoms with Crippen LogP contribution in [0.15, 0.2) is 0 Å². The fraction of sp³-hybridized carbons (Fsp3) is 0.947. The Bertz CT molecular complexity index is 448. The van der Waals surface area contributed by atoms with E-state index in [9.17, 15) is 4.79 Å². The molecule has 4 aliphatic rings. The van der Waals surface area contributed by atoms with E-state index in [1.165, 1.54) is 12.8 Å². The van der Waals surface area contributed by atoms with E-state index < -0.39 is 0 Å². The van der Waals surface area contributed by atoms with Gasteiger partial charge in [-0.15, -0.1) is 0 Å². The molecule has 1 saturated carbocycles. The highest BCUT2D eigenvalue weighted by molar-refractivity contribution is 5.80. The van der Waals surface area contributed by atoms with Gasteiger partial charge < -0.3 is 14.4 Å². The van der Waals surface area contributed by atoms with Gasteiger partial charge in [-0.3, -0.25) is 9.69 Å². The molecule has 5 heteroatoms. The van der Waals surface area contributed by atoms with Gasteiger partial charge in [0.15, 0.2) is 0 Å². The third kappa shape index (κ3) is 3.49. The van der Waals surface area contributed by atoms with Crippen molar-refractivity contribution in [3.05, 3.63) is 0 Å². The van der Waals surface area contributed by atoms with Crippen molar-refractivity contribution < 1.29 is 14.3 Å². The van der Waals surface area contributed by atoms with E-state index in [1.807, 2.05) is 0 Å². The topological polar surface area (TPSA) is 42.0 Å². The summed E-state index contributed by atoms with van der Waals surface area (Å²) in [5.74, 6) is 2.43. The molecular weight excluding hydrogens is 304 g/mol. The lowest BCUT2D eigenvalue weighted by molar-refractivity contribution is -0.146. The highest BCUT2D eigenvalue weighted by Crippen LogP contribution is 2.39. The van der Waals surface area contributed by atoms with Crippen molar-refractivity contribution in [2.75, 3.05) is 53.1 Å². The number of methoxy groups -OCH3 is 1. The zero-order chi connectivity index (χ0) is 16.5. The maximum absolute atomic E-state index is 13.1. The summed E-state index contributed by atoms with van der Waals surface area (Å²) in [6.07, 6.45) is 5.92. The zero-order valence-electron chi connectivity index (χ0n) is 15.0. The molecule has 24 heavy (non-hydrogen) atoms. The monoisotopic (exact) mass is 336 g/mol. The lowest BCUT2D eigenvalue weighted by Gasteiger charge is -2.42. The summed E-state index contributed by atoms with van der Waals surface area (Å²) in [5, 5.41) is 0. The van der Waals surface area contributed by atoms with Gasteiger partial charge >= 0.3 is 0 Å². The Morgan fingerprint density at radius 2 is 2.00 bits per heavy atom. The maximum atomic E-state index is 13.1. The third-order valence-electron chi connectivity index (χ3n) is 6.66. The number of rotatable bonds is 5. The Labute approximate surface area is 145 Å². The first kappa shape index (κ1) is 16.8. The highest BCUT2D eigenvalue weighted by atomic mass is 16.5. The van der Waals surface area contributed by atoms with Crippen LogP contribution in [0, 0.1) is 23.7 Å².